The molecule has 208 valence electrons. The van der Waals surface area contributed by atoms with Gasteiger partial charge in [0.1, 0.15) is 22.2 Å². The Morgan fingerprint density at radius 1 is 1.13 bits per heavy atom. The molecule has 0 saturated heterocycles. The second-order valence-electron chi connectivity index (χ2n) is 10.8. The number of ether oxygens (including phenoxy) is 3. The summed E-state index contributed by atoms with van der Waals surface area (Å²) in [5.74, 6) is 0.566. The summed E-state index contributed by atoms with van der Waals surface area (Å²) in [6.45, 7) is 14.7. The lowest BCUT2D eigenvalue weighted by molar-refractivity contribution is -0.00210. The van der Waals surface area contributed by atoms with E-state index in [4.69, 9.17) is 36.2 Å². The average molecular weight is 552 g/mol. The van der Waals surface area contributed by atoms with Crippen molar-refractivity contribution in [2.24, 2.45) is 5.92 Å². The molecule has 0 aliphatic heterocycles. The Morgan fingerprint density at radius 3 is 2.24 bits per heavy atom. The van der Waals surface area contributed by atoms with Gasteiger partial charge in [-0.25, -0.2) is 29.1 Å². The monoisotopic (exact) mass is 551 g/mol. The predicted molar refractivity (Wildman–Crippen MR) is 140 cm³/mol. The maximum Gasteiger partial charge on any atom is 0.419 e. The summed E-state index contributed by atoms with van der Waals surface area (Å²) in [5, 5.41) is 7.64. The lowest BCUT2D eigenvalue weighted by atomic mass is 10.2. The van der Waals surface area contributed by atoms with Crippen LogP contribution in [0, 0.1) is 5.92 Å². The Morgan fingerprint density at radius 2 is 1.74 bits per heavy atom. The molecule has 0 fully saturated rings. The van der Waals surface area contributed by atoms with E-state index in [0.29, 0.717) is 29.2 Å². The standard InChI is InChI=1S/C24H34ClN7O6/c1-9-31-17-14(10-27-18(25)15(17)28-20(31)16-19(26)30-38-29-16)35-12-13(2)11-32(21(33)36-23(3,4)5)22(34)37-24(6,7)8/h10,13H,9,11-12H2,1-8H3,(H2,26,30)/t13-/m0/s1. The van der Waals surface area contributed by atoms with E-state index in [1.54, 1.807) is 41.5 Å². The summed E-state index contributed by atoms with van der Waals surface area (Å²) in [6.07, 6.45) is -0.123. The molecule has 0 aliphatic carbocycles. The highest BCUT2D eigenvalue weighted by molar-refractivity contribution is 6.34. The summed E-state index contributed by atoms with van der Waals surface area (Å²) in [5.41, 5.74) is 5.53. The van der Waals surface area contributed by atoms with Crippen LogP contribution in [0.1, 0.15) is 55.4 Å². The molecular weight excluding hydrogens is 518 g/mol. The molecule has 3 rings (SSSR count). The van der Waals surface area contributed by atoms with E-state index in [1.165, 1.54) is 6.20 Å². The van der Waals surface area contributed by atoms with Crippen LogP contribution in [-0.2, 0) is 16.0 Å². The maximum atomic E-state index is 12.8. The van der Waals surface area contributed by atoms with Gasteiger partial charge in [-0.15, -0.1) is 0 Å². The molecule has 0 saturated carbocycles. The van der Waals surface area contributed by atoms with Gasteiger partial charge < -0.3 is 24.5 Å². The molecule has 2 amide bonds. The molecule has 38 heavy (non-hydrogen) atoms. The lowest BCUT2D eigenvalue weighted by Gasteiger charge is -2.30. The zero-order valence-electron chi connectivity index (χ0n) is 22.9. The fraction of sp³-hybridized carbons (Fsp3) is 0.583. The Kier molecular flexibility index (Phi) is 8.39. The minimum atomic E-state index is -0.804. The van der Waals surface area contributed by atoms with E-state index in [9.17, 15) is 9.59 Å². The van der Waals surface area contributed by atoms with Crippen molar-refractivity contribution in [3.05, 3.63) is 11.3 Å². The lowest BCUT2D eigenvalue weighted by Crippen LogP contribution is -2.46. The van der Waals surface area contributed by atoms with Crippen LogP contribution in [0.4, 0.5) is 15.4 Å². The van der Waals surface area contributed by atoms with Crippen LogP contribution in [0.15, 0.2) is 10.8 Å². The van der Waals surface area contributed by atoms with Crippen LogP contribution in [0.2, 0.25) is 5.15 Å². The summed E-state index contributed by atoms with van der Waals surface area (Å²) >= 11 is 6.34. The van der Waals surface area contributed by atoms with E-state index in [-0.39, 0.29) is 35.7 Å². The Labute approximate surface area is 225 Å². The van der Waals surface area contributed by atoms with Crippen LogP contribution < -0.4 is 10.5 Å². The number of hydrogen-bond donors (Lipinski definition) is 1. The Bertz CT molecular complexity index is 1280. The first kappa shape index (κ1) is 29.0. The van der Waals surface area contributed by atoms with Gasteiger partial charge in [0.15, 0.2) is 28.2 Å². The second kappa shape index (κ2) is 11.0. The topological polar surface area (TPSA) is 161 Å². The minimum absolute atomic E-state index is 0.00653. The highest BCUT2D eigenvalue weighted by atomic mass is 35.5. The summed E-state index contributed by atoms with van der Waals surface area (Å²) in [6, 6.07) is 0. The first-order valence-electron chi connectivity index (χ1n) is 12.1. The van der Waals surface area contributed by atoms with Crippen molar-refractivity contribution in [1.29, 1.82) is 0 Å². The summed E-state index contributed by atoms with van der Waals surface area (Å²) < 4.78 is 23.5. The van der Waals surface area contributed by atoms with E-state index < -0.39 is 23.4 Å². The van der Waals surface area contributed by atoms with Gasteiger partial charge in [-0.1, -0.05) is 18.5 Å². The number of halogens is 1. The van der Waals surface area contributed by atoms with E-state index in [2.05, 4.69) is 20.3 Å². The quantitative estimate of drug-likeness (QED) is 0.396. The fourth-order valence-corrected chi connectivity index (χ4v) is 3.66. The van der Waals surface area contributed by atoms with Gasteiger partial charge in [-0.2, -0.15) is 0 Å². The van der Waals surface area contributed by atoms with Gasteiger partial charge in [-0.05, 0) is 58.8 Å². The number of aromatic nitrogens is 5. The molecule has 1 atom stereocenters. The number of aryl methyl sites for hydroxylation is 1. The molecule has 3 aromatic rings. The SMILES string of the molecule is CCn1c(-c2nonc2N)nc2c(Cl)ncc(OC[C@@H](C)CN(C(=O)OC(C)(C)C)C(=O)OC(C)(C)C)c21. The van der Waals surface area contributed by atoms with E-state index in [1.807, 2.05) is 18.4 Å². The number of nitrogens with two attached hydrogens (primary N) is 1. The molecule has 13 nitrogen and oxygen atoms in total. The number of imide groups is 1. The van der Waals surface area contributed by atoms with Gasteiger partial charge in [0.05, 0.1) is 12.8 Å². The van der Waals surface area contributed by atoms with Crippen molar-refractivity contribution in [3.63, 3.8) is 0 Å². The normalized spacial score (nSPS) is 12.9. The maximum absolute atomic E-state index is 12.8. The van der Waals surface area contributed by atoms with Crippen LogP contribution >= 0.6 is 11.6 Å². The first-order valence-corrected chi connectivity index (χ1v) is 12.5. The summed E-state index contributed by atoms with van der Waals surface area (Å²) in [7, 11) is 0. The number of carbonyl (C=O) groups excluding carboxylic acids is 2. The molecule has 3 aromatic heterocycles. The minimum Gasteiger partial charge on any atom is -0.489 e. The molecule has 0 radical (unpaired) electrons. The van der Waals surface area contributed by atoms with Crippen molar-refractivity contribution in [3.8, 4) is 17.3 Å². The Balaban J connectivity index is 1.85. The smallest absolute Gasteiger partial charge is 0.419 e. The van der Waals surface area contributed by atoms with Crippen molar-refractivity contribution >= 4 is 40.6 Å². The third-order valence-electron chi connectivity index (χ3n) is 4.98. The first-order chi connectivity index (χ1) is 17.6. The number of carbonyl (C=O) groups is 2. The molecular formula is C24H34ClN7O6. The number of nitrogens with zero attached hydrogens (tertiary/aromatic N) is 6. The molecule has 0 bridgehead atoms. The molecule has 0 spiro atoms. The van der Waals surface area contributed by atoms with Gasteiger partial charge >= 0.3 is 12.2 Å². The Hall–Kier alpha value is -3.61. The van der Waals surface area contributed by atoms with Crippen molar-refractivity contribution < 1.29 is 28.4 Å². The number of fused-ring (bicyclic) bond motifs is 1. The molecule has 0 aliphatic rings. The predicted octanol–water partition coefficient (Wildman–Crippen LogP) is 4.92. The average Bonchev–Trinajstić information content (AvgIpc) is 3.38. The molecule has 14 heteroatoms. The van der Waals surface area contributed by atoms with Crippen molar-refractivity contribution in [2.75, 3.05) is 18.9 Å². The number of anilines is 1. The third-order valence-corrected chi connectivity index (χ3v) is 5.26. The zero-order chi connectivity index (χ0) is 28.4. The van der Waals surface area contributed by atoms with Crippen LogP contribution in [0.5, 0.6) is 5.75 Å². The highest BCUT2D eigenvalue weighted by Gasteiger charge is 2.32. The van der Waals surface area contributed by atoms with Crippen LogP contribution in [0.3, 0.4) is 0 Å². The molecule has 2 N–H and O–H groups in total. The van der Waals surface area contributed by atoms with E-state index >= 15 is 0 Å². The van der Waals surface area contributed by atoms with Crippen LogP contribution in [0.25, 0.3) is 22.6 Å². The molecule has 0 unspecified atom stereocenters. The number of nitrogen functional groups attached to an aromatic ring is 1. The number of imidazole rings is 1. The van der Waals surface area contributed by atoms with E-state index in [0.717, 1.165) is 4.90 Å². The van der Waals surface area contributed by atoms with Gasteiger partial charge in [0.2, 0.25) is 0 Å². The molecule has 3 heterocycles. The van der Waals surface area contributed by atoms with Gasteiger partial charge in [0.25, 0.3) is 0 Å². The third kappa shape index (κ3) is 6.82. The van der Waals surface area contributed by atoms with Gasteiger partial charge in [-0.3, -0.25) is 0 Å². The molecule has 0 aromatic carbocycles. The van der Waals surface area contributed by atoms with Crippen LogP contribution in [-0.4, -0.2) is 66.3 Å². The van der Waals surface area contributed by atoms with Crippen molar-refractivity contribution in [1.82, 2.24) is 29.7 Å². The number of amides is 2. The zero-order valence-corrected chi connectivity index (χ0v) is 23.6. The summed E-state index contributed by atoms with van der Waals surface area (Å²) in [4.78, 5) is 35.3. The number of rotatable bonds is 7. The number of hydrogen-bond acceptors (Lipinski definition) is 11. The second-order valence-corrected chi connectivity index (χ2v) is 11.1. The number of pyridine rings is 1. The fourth-order valence-electron chi connectivity index (χ4n) is 3.48. The van der Waals surface area contributed by atoms with Crippen molar-refractivity contribution in [2.45, 2.75) is 73.1 Å². The largest absolute Gasteiger partial charge is 0.489 e. The van der Waals surface area contributed by atoms with Gasteiger partial charge in [0, 0.05) is 19.0 Å². The highest BCUT2D eigenvalue weighted by Crippen LogP contribution is 2.34.